The van der Waals surface area contributed by atoms with Crippen LogP contribution in [-0.4, -0.2) is 73.3 Å². The molecule has 26 heavy (non-hydrogen) atoms. The Balaban J connectivity index is 2.06. The van der Waals surface area contributed by atoms with Gasteiger partial charge in [0.2, 0.25) is 17.7 Å². The Labute approximate surface area is 155 Å². The summed E-state index contributed by atoms with van der Waals surface area (Å²) in [6.07, 6.45) is 2.00. The summed E-state index contributed by atoms with van der Waals surface area (Å²) >= 11 is 0. The standard InChI is InChI=1S/C18H31N5O3/c1-4-6-23(7-5-2)18-20-16(19-15(3)24)14-17(21-18)26-13-10-22-8-11-25-12-9-22/h14H,4-13H2,1-3H3,(H,19,20,21,24). The summed E-state index contributed by atoms with van der Waals surface area (Å²) in [5.41, 5.74) is 0. The molecule has 1 aromatic rings. The molecule has 1 fully saturated rings. The molecule has 0 bridgehead atoms. The number of carbonyl (C=O) groups excluding carboxylic acids is 1. The second kappa shape index (κ2) is 10.9. The fourth-order valence-electron chi connectivity index (χ4n) is 2.83. The van der Waals surface area contributed by atoms with E-state index in [2.05, 4.69) is 38.9 Å². The molecule has 1 aromatic heterocycles. The van der Waals surface area contributed by atoms with E-state index in [1.54, 1.807) is 6.07 Å². The number of hydrogen-bond donors (Lipinski definition) is 1. The van der Waals surface area contributed by atoms with E-state index >= 15 is 0 Å². The third-order valence-electron chi connectivity index (χ3n) is 4.03. The molecule has 0 radical (unpaired) electrons. The Kier molecular flexibility index (Phi) is 8.57. The van der Waals surface area contributed by atoms with Gasteiger partial charge in [-0.25, -0.2) is 0 Å². The quantitative estimate of drug-likeness (QED) is 0.677. The van der Waals surface area contributed by atoms with E-state index in [0.717, 1.165) is 58.8 Å². The second-order valence-corrected chi connectivity index (χ2v) is 6.36. The maximum absolute atomic E-state index is 11.4. The van der Waals surface area contributed by atoms with Crippen LogP contribution in [0.1, 0.15) is 33.6 Å². The lowest BCUT2D eigenvalue weighted by molar-refractivity contribution is -0.114. The largest absolute Gasteiger partial charge is 0.476 e. The monoisotopic (exact) mass is 365 g/mol. The van der Waals surface area contributed by atoms with Crippen molar-refractivity contribution in [1.82, 2.24) is 14.9 Å². The van der Waals surface area contributed by atoms with Crippen LogP contribution < -0.4 is 15.0 Å². The maximum atomic E-state index is 11.4. The fourth-order valence-corrected chi connectivity index (χ4v) is 2.83. The van der Waals surface area contributed by atoms with E-state index < -0.39 is 0 Å². The molecule has 2 rings (SSSR count). The first-order valence-corrected chi connectivity index (χ1v) is 9.47. The number of nitrogens with zero attached hydrogens (tertiary/aromatic N) is 4. The highest BCUT2D eigenvalue weighted by Gasteiger charge is 2.14. The van der Waals surface area contributed by atoms with Gasteiger partial charge in [0.15, 0.2) is 0 Å². The van der Waals surface area contributed by atoms with Crippen LogP contribution in [0.3, 0.4) is 0 Å². The van der Waals surface area contributed by atoms with Crippen molar-refractivity contribution in [1.29, 1.82) is 0 Å². The molecule has 0 spiro atoms. The number of ether oxygens (including phenoxy) is 2. The van der Waals surface area contributed by atoms with Gasteiger partial charge in [-0.05, 0) is 12.8 Å². The first kappa shape index (κ1) is 20.4. The van der Waals surface area contributed by atoms with Crippen molar-refractivity contribution in [2.24, 2.45) is 0 Å². The third kappa shape index (κ3) is 6.76. The van der Waals surface area contributed by atoms with Crippen LogP contribution in [0, 0.1) is 0 Å². The molecule has 1 aliphatic heterocycles. The lowest BCUT2D eigenvalue weighted by atomic mass is 10.3. The van der Waals surface area contributed by atoms with Crippen LogP contribution in [0.2, 0.25) is 0 Å². The summed E-state index contributed by atoms with van der Waals surface area (Å²) < 4.78 is 11.2. The van der Waals surface area contributed by atoms with Crippen molar-refractivity contribution >= 4 is 17.7 Å². The summed E-state index contributed by atoms with van der Waals surface area (Å²) in [5, 5.41) is 2.74. The molecule has 0 aromatic carbocycles. The zero-order valence-electron chi connectivity index (χ0n) is 16.2. The Morgan fingerprint density at radius 3 is 2.58 bits per heavy atom. The van der Waals surface area contributed by atoms with Crippen molar-refractivity contribution in [3.05, 3.63) is 6.07 Å². The molecular formula is C18H31N5O3. The van der Waals surface area contributed by atoms with Gasteiger partial charge in [0.25, 0.3) is 0 Å². The zero-order chi connectivity index (χ0) is 18.8. The third-order valence-corrected chi connectivity index (χ3v) is 4.03. The summed E-state index contributed by atoms with van der Waals surface area (Å²) in [6, 6.07) is 1.68. The number of anilines is 2. The molecule has 0 atom stereocenters. The van der Waals surface area contributed by atoms with E-state index in [4.69, 9.17) is 9.47 Å². The lowest BCUT2D eigenvalue weighted by Crippen LogP contribution is -2.38. The van der Waals surface area contributed by atoms with Crippen molar-refractivity contribution in [2.45, 2.75) is 33.6 Å². The first-order chi connectivity index (χ1) is 12.6. The Morgan fingerprint density at radius 1 is 1.27 bits per heavy atom. The molecular weight excluding hydrogens is 334 g/mol. The Bertz CT molecular complexity index is 558. The van der Waals surface area contributed by atoms with Gasteiger partial charge in [-0.1, -0.05) is 13.8 Å². The predicted octanol–water partition coefficient (Wildman–Crippen LogP) is 1.77. The zero-order valence-corrected chi connectivity index (χ0v) is 16.2. The Morgan fingerprint density at radius 2 is 1.96 bits per heavy atom. The van der Waals surface area contributed by atoms with Crippen LogP contribution in [0.25, 0.3) is 0 Å². The van der Waals surface area contributed by atoms with E-state index in [9.17, 15) is 4.79 Å². The van der Waals surface area contributed by atoms with Gasteiger partial charge in [-0.3, -0.25) is 9.69 Å². The van der Waals surface area contributed by atoms with Crippen LogP contribution in [0.15, 0.2) is 6.07 Å². The number of carbonyl (C=O) groups is 1. The number of morpholine rings is 1. The molecule has 1 aliphatic rings. The molecule has 1 N–H and O–H groups in total. The van der Waals surface area contributed by atoms with Crippen LogP contribution in [0.5, 0.6) is 5.88 Å². The van der Waals surface area contributed by atoms with E-state index in [0.29, 0.717) is 24.3 Å². The minimum absolute atomic E-state index is 0.161. The predicted molar refractivity (Wildman–Crippen MR) is 102 cm³/mol. The van der Waals surface area contributed by atoms with Gasteiger partial charge >= 0.3 is 0 Å². The SMILES string of the molecule is CCCN(CCC)c1nc(NC(C)=O)cc(OCCN2CCOCC2)n1. The van der Waals surface area contributed by atoms with E-state index in [-0.39, 0.29) is 5.91 Å². The molecule has 1 amide bonds. The van der Waals surface area contributed by atoms with Crippen LogP contribution >= 0.6 is 0 Å². The van der Waals surface area contributed by atoms with Gasteiger partial charge in [-0.2, -0.15) is 9.97 Å². The van der Waals surface area contributed by atoms with E-state index in [1.165, 1.54) is 6.92 Å². The number of amides is 1. The average Bonchev–Trinajstić information content (AvgIpc) is 2.62. The minimum Gasteiger partial charge on any atom is -0.476 e. The topological polar surface area (TPSA) is 79.8 Å². The summed E-state index contributed by atoms with van der Waals surface area (Å²) in [5.74, 6) is 1.40. The molecule has 1 saturated heterocycles. The molecule has 146 valence electrons. The highest BCUT2D eigenvalue weighted by molar-refractivity contribution is 5.87. The minimum atomic E-state index is -0.161. The maximum Gasteiger partial charge on any atom is 0.230 e. The molecule has 8 heteroatoms. The van der Waals surface area contributed by atoms with Crippen molar-refractivity contribution in [3.8, 4) is 5.88 Å². The van der Waals surface area contributed by atoms with Crippen molar-refractivity contribution in [3.63, 3.8) is 0 Å². The van der Waals surface area contributed by atoms with Gasteiger partial charge in [0.05, 0.1) is 13.2 Å². The average molecular weight is 365 g/mol. The summed E-state index contributed by atoms with van der Waals surface area (Å²) in [4.78, 5) is 24.9. The second-order valence-electron chi connectivity index (χ2n) is 6.36. The lowest BCUT2D eigenvalue weighted by Gasteiger charge is -2.26. The summed E-state index contributed by atoms with van der Waals surface area (Å²) in [7, 11) is 0. The molecule has 0 aliphatic carbocycles. The van der Waals surface area contributed by atoms with Crippen molar-refractivity contribution < 1.29 is 14.3 Å². The normalized spacial score (nSPS) is 14.9. The van der Waals surface area contributed by atoms with E-state index in [1.807, 2.05) is 0 Å². The first-order valence-electron chi connectivity index (χ1n) is 9.47. The number of rotatable bonds is 10. The molecule has 2 heterocycles. The van der Waals surface area contributed by atoms with Crippen LogP contribution in [-0.2, 0) is 9.53 Å². The summed E-state index contributed by atoms with van der Waals surface area (Å²) in [6.45, 7) is 12.2. The molecule has 0 saturated carbocycles. The fraction of sp³-hybridized carbons (Fsp3) is 0.722. The smallest absolute Gasteiger partial charge is 0.230 e. The Hall–Kier alpha value is -1.93. The molecule has 0 unspecified atom stereocenters. The molecule has 8 nitrogen and oxygen atoms in total. The van der Waals surface area contributed by atoms with Crippen molar-refractivity contribution in [2.75, 3.05) is 62.8 Å². The number of hydrogen-bond acceptors (Lipinski definition) is 7. The number of nitrogens with one attached hydrogen (secondary N) is 1. The highest BCUT2D eigenvalue weighted by Crippen LogP contribution is 2.20. The highest BCUT2D eigenvalue weighted by atomic mass is 16.5. The van der Waals surface area contributed by atoms with Crippen LogP contribution in [0.4, 0.5) is 11.8 Å². The van der Waals surface area contributed by atoms with Gasteiger partial charge < -0.3 is 19.7 Å². The van der Waals surface area contributed by atoms with Gasteiger partial charge in [0.1, 0.15) is 12.4 Å². The van der Waals surface area contributed by atoms with Gasteiger partial charge in [0, 0.05) is 45.7 Å². The number of aromatic nitrogens is 2. The van der Waals surface area contributed by atoms with Gasteiger partial charge in [-0.15, -0.1) is 0 Å².